The molecule has 27 heavy (non-hydrogen) atoms. The fourth-order valence-electron chi connectivity index (χ4n) is 2.48. The number of hydrogen-bond acceptors (Lipinski definition) is 5. The second kappa shape index (κ2) is 7.38. The summed E-state index contributed by atoms with van der Waals surface area (Å²) >= 11 is 0. The Morgan fingerprint density at radius 3 is 2.41 bits per heavy atom. The Morgan fingerprint density at radius 2 is 1.70 bits per heavy atom. The molecule has 0 fully saturated rings. The van der Waals surface area contributed by atoms with Crippen molar-refractivity contribution in [1.82, 2.24) is 9.55 Å². The van der Waals surface area contributed by atoms with E-state index in [-0.39, 0.29) is 16.8 Å². The summed E-state index contributed by atoms with van der Waals surface area (Å²) in [5.41, 5.74) is 1.39. The van der Waals surface area contributed by atoms with E-state index >= 15 is 0 Å². The minimum Gasteiger partial charge on any atom is -0.494 e. The molecular weight excluding hydrogens is 350 g/mol. The molecule has 0 amide bonds. The molecule has 0 unspecified atom stereocenters. The lowest BCUT2D eigenvalue weighted by atomic mass is 10.1. The highest BCUT2D eigenvalue weighted by Crippen LogP contribution is 2.20. The summed E-state index contributed by atoms with van der Waals surface area (Å²) in [6.07, 6.45) is 2.47. The number of nitro groups is 1. The van der Waals surface area contributed by atoms with Crippen molar-refractivity contribution in [3.05, 3.63) is 102 Å². The van der Waals surface area contributed by atoms with Gasteiger partial charge in [0.1, 0.15) is 5.56 Å². The highest BCUT2D eigenvalue weighted by atomic mass is 16.6. The van der Waals surface area contributed by atoms with E-state index < -0.39 is 22.1 Å². The van der Waals surface area contributed by atoms with Gasteiger partial charge in [-0.15, -0.1) is 5.73 Å². The third-order valence-electron chi connectivity index (χ3n) is 3.74. The van der Waals surface area contributed by atoms with Crippen LogP contribution in [0.4, 0.5) is 5.69 Å². The zero-order valence-electron chi connectivity index (χ0n) is 13.8. The van der Waals surface area contributed by atoms with Gasteiger partial charge in [0.2, 0.25) is 5.88 Å². The number of nitro benzene ring substituents is 1. The average molecular weight is 363 g/mol. The highest BCUT2D eigenvalue weighted by Gasteiger charge is 2.13. The van der Waals surface area contributed by atoms with Gasteiger partial charge in [0, 0.05) is 6.07 Å². The maximum Gasteiger partial charge on any atom is 0.335 e. The predicted molar refractivity (Wildman–Crippen MR) is 99.9 cm³/mol. The summed E-state index contributed by atoms with van der Waals surface area (Å²) in [6, 6.07) is 14.3. The van der Waals surface area contributed by atoms with Crippen LogP contribution >= 0.6 is 0 Å². The maximum absolute atomic E-state index is 12.1. The van der Waals surface area contributed by atoms with Gasteiger partial charge in [0.15, 0.2) is 0 Å². The topological polar surface area (TPSA) is 118 Å². The molecule has 0 saturated heterocycles. The summed E-state index contributed by atoms with van der Waals surface area (Å²) in [4.78, 5) is 36.7. The summed E-state index contributed by atoms with van der Waals surface area (Å²) in [7, 11) is 0. The fraction of sp³-hybridized carbons (Fsp3) is 0. The molecular formula is C19H13N3O5. The van der Waals surface area contributed by atoms with E-state index in [1.54, 1.807) is 36.4 Å². The molecule has 0 radical (unpaired) electrons. The van der Waals surface area contributed by atoms with Crippen molar-refractivity contribution in [2.75, 3.05) is 0 Å². The van der Waals surface area contributed by atoms with E-state index in [1.807, 2.05) is 0 Å². The van der Waals surface area contributed by atoms with Crippen molar-refractivity contribution in [3.8, 4) is 11.6 Å². The van der Waals surface area contributed by atoms with Crippen molar-refractivity contribution < 1.29 is 10.0 Å². The number of aromatic nitrogens is 2. The standard InChI is InChI=1S/C19H13N3O5/c23-17-15(11-6-8-13-7-4-5-12-16(13)22(26)27)18(24)21(19(25)20-17)14-9-2-1-3-10-14/h1-5,7-12,24H,(H,20,23,25). The number of nitrogens with zero attached hydrogens (tertiary/aromatic N) is 2. The lowest BCUT2D eigenvalue weighted by Gasteiger charge is -2.08. The summed E-state index contributed by atoms with van der Waals surface area (Å²) in [5.74, 6) is -0.557. The van der Waals surface area contributed by atoms with Gasteiger partial charge in [-0.05, 0) is 30.4 Å². The maximum atomic E-state index is 12.1. The minimum absolute atomic E-state index is 0.120. The zero-order chi connectivity index (χ0) is 19.4. The molecule has 0 spiro atoms. The van der Waals surface area contributed by atoms with E-state index in [0.717, 1.165) is 10.6 Å². The smallest absolute Gasteiger partial charge is 0.335 e. The third kappa shape index (κ3) is 3.60. The number of aromatic amines is 1. The van der Waals surface area contributed by atoms with Gasteiger partial charge >= 0.3 is 5.69 Å². The first-order valence-electron chi connectivity index (χ1n) is 7.78. The molecule has 0 atom stereocenters. The number of rotatable bonds is 4. The van der Waals surface area contributed by atoms with E-state index in [4.69, 9.17) is 0 Å². The lowest BCUT2D eigenvalue weighted by Crippen LogP contribution is -2.30. The monoisotopic (exact) mass is 363 g/mol. The molecule has 2 aromatic carbocycles. The lowest BCUT2D eigenvalue weighted by molar-refractivity contribution is -0.385. The fourth-order valence-corrected chi connectivity index (χ4v) is 2.48. The van der Waals surface area contributed by atoms with Crippen LogP contribution < -0.4 is 11.2 Å². The van der Waals surface area contributed by atoms with Crippen molar-refractivity contribution in [2.45, 2.75) is 0 Å². The van der Waals surface area contributed by atoms with Crippen LogP contribution in [0, 0.1) is 10.1 Å². The van der Waals surface area contributed by atoms with Crippen LogP contribution in [0.15, 0.2) is 69.9 Å². The highest BCUT2D eigenvalue weighted by molar-refractivity contribution is 5.65. The predicted octanol–water partition coefficient (Wildman–Crippen LogP) is 2.47. The molecule has 0 aliphatic heterocycles. The second-order valence-electron chi connectivity index (χ2n) is 5.44. The summed E-state index contributed by atoms with van der Waals surface area (Å²) < 4.78 is 0.944. The second-order valence-corrected chi connectivity index (χ2v) is 5.44. The van der Waals surface area contributed by atoms with Gasteiger partial charge in [0.25, 0.3) is 11.2 Å². The Balaban J connectivity index is 2.11. The molecule has 3 aromatic rings. The quantitative estimate of drug-likeness (QED) is 0.419. The molecule has 1 heterocycles. The van der Waals surface area contributed by atoms with Gasteiger partial charge in [-0.1, -0.05) is 30.3 Å². The van der Waals surface area contributed by atoms with Crippen LogP contribution in [0.5, 0.6) is 5.88 Å². The first-order chi connectivity index (χ1) is 13.0. The molecule has 1 aromatic heterocycles. The average Bonchev–Trinajstić information content (AvgIpc) is 2.65. The summed E-state index contributed by atoms with van der Waals surface area (Å²) in [5, 5.41) is 21.4. The van der Waals surface area contributed by atoms with Crippen LogP contribution in [-0.4, -0.2) is 19.6 Å². The molecule has 0 aliphatic rings. The van der Waals surface area contributed by atoms with Crippen molar-refractivity contribution in [2.24, 2.45) is 0 Å². The first kappa shape index (κ1) is 17.7. The van der Waals surface area contributed by atoms with Crippen molar-refractivity contribution >= 4 is 17.8 Å². The van der Waals surface area contributed by atoms with Crippen LogP contribution in [0.25, 0.3) is 17.8 Å². The van der Waals surface area contributed by atoms with Crippen LogP contribution in [0.2, 0.25) is 0 Å². The Kier molecular flexibility index (Phi) is 4.83. The molecule has 134 valence electrons. The number of H-pyrrole nitrogens is 1. The van der Waals surface area contributed by atoms with Gasteiger partial charge in [-0.3, -0.25) is 19.9 Å². The number of para-hydroxylation sites is 2. The van der Waals surface area contributed by atoms with E-state index in [1.165, 1.54) is 24.3 Å². The zero-order valence-corrected chi connectivity index (χ0v) is 13.8. The number of nitrogens with one attached hydrogen (secondary N) is 1. The van der Waals surface area contributed by atoms with Crippen molar-refractivity contribution in [3.63, 3.8) is 0 Å². The molecule has 0 saturated carbocycles. The Bertz CT molecular complexity index is 1190. The van der Waals surface area contributed by atoms with Gasteiger partial charge in [-0.25, -0.2) is 9.36 Å². The Hall–Kier alpha value is -4.16. The van der Waals surface area contributed by atoms with Crippen LogP contribution in [0.3, 0.4) is 0 Å². The minimum atomic E-state index is -0.798. The van der Waals surface area contributed by atoms with Crippen LogP contribution in [-0.2, 0) is 0 Å². The van der Waals surface area contributed by atoms with Crippen LogP contribution in [0.1, 0.15) is 11.1 Å². The SMILES string of the molecule is O=c1[nH]c(=O)n(-c2ccccc2)c(O)c1C=C=Cc1ccccc1[N+](=O)[O-]. The molecule has 8 nitrogen and oxygen atoms in total. The molecule has 0 aliphatic carbocycles. The van der Waals surface area contributed by atoms with Crippen molar-refractivity contribution in [1.29, 1.82) is 0 Å². The normalized spacial score (nSPS) is 10.1. The first-order valence-corrected chi connectivity index (χ1v) is 7.78. The third-order valence-corrected chi connectivity index (χ3v) is 3.74. The number of benzene rings is 2. The molecule has 2 N–H and O–H groups in total. The van der Waals surface area contributed by atoms with Gasteiger partial charge < -0.3 is 5.11 Å². The molecule has 3 rings (SSSR count). The van der Waals surface area contributed by atoms with E-state index in [0.29, 0.717) is 5.69 Å². The number of hydrogen-bond donors (Lipinski definition) is 2. The van der Waals surface area contributed by atoms with E-state index in [2.05, 4.69) is 10.7 Å². The Morgan fingerprint density at radius 1 is 1.04 bits per heavy atom. The summed E-state index contributed by atoms with van der Waals surface area (Å²) in [6.45, 7) is 0. The molecule has 0 bridgehead atoms. The number of aromatic hydroxyl groups is 1. The van der Waals surface area contributed by atoms with Gasteiger partial charge in [0.05, 0.1) is 16.2 Å². The van der Waals surface area contributed by atoms with Gasteiger partial charge in [-0.2, -0.15) is 0 Å². The largest absolute Gasteiger partial charge is 0.494 e. The Labute approximate surface area is 152 Å². The molecule has 8 heteroatoms. The van der Waals surface area contributed by atoms with E-state index in [9.17, 15) is 24.8 Å².